The monoisotopic (exact) mass is 309 g/mol. The Balaban J connectivity index is 2.04. The third-order valence-electron chi connectivity index (χ3n) is 4.56. The second-order valence-corrected chi connectivity index (χ2v) is 5.79. The van der Waals surface area contributed by atoms with Crippen molar-refractivity contribution in [3.63, 3.8) is 0 Å². The average molecular weight is 309 g/mol. The predicted molar refractivity (Wildman–Crippen MR) is 91.2 cm³/mol. The zero-order chi connectivity index (χ0) is 16.2. The molecule has 1 aromatic carbocycles. The number of carbonyl (C=O) groups excluding carboxylic acids is 1. The molecule has 0 saturated heterocycles. The van der Waals surface area contributed by atoms with Gasteiger partial charge in [0.15, 0.2) is 0 Å². The number of rotatable bonds is 3. The Bertz CT molecular complexity index is 667. The number of nitrogens with zero attached hydrogens (tertiary/aromatic N) is 3. The first-order chi connectivity index (χ1) is 11.3. The van der Waals surface area contributed by atoms with E-state index in [0.29, 0.717) is 0 Å². The molecule has 0 saturated carbocycles. The second kappa shape index (κ2) is 6.82. The topological polar surface area (TPSA) is 36.4 Å². The molecule has 2 amide bonds. The van der Waals surface area contributed by atoms with E-state index in [2.05, 4.69) is 29.2 Å². The van der Waals surface area contributed by atoms with E-state index in [1.807, 2.05) is 42.0 Å². The summed E-state index contributed by atoms with van der Waals surface area (Å²) in [4.78, 5) is 21.1. The maximum atomic E-state index is 13.0. The molecule has 4 heteroatoms. The molecular weight excluding hydrogens is 286 g/mol. The molecule has 0 N–H and O–H groups in total. The maximum Gasteiger partial charge on any atom is 0.320 e. The highest BCUT2D eigenvalue weighted by Gasteiger charge is 2.33. The van der Waals surface area contributed by atoms with Crippen molar-refractivity contribution < 1.29 is 4.79 Å². The van der Waals surface area contributed by atoms with Gasteiger partial charge >= 0.3 is 6.03 Å². The van der Waals surface area contributed by atoms with Crippen molar-refractivity contribution in [1.82, 2.24) is 14.8 Å². The Morgan fingerprint density at radius 2 is 2.00 bits per heavy atom. The molecule has 4 nitrogen and oxygen atoms in total. The van der Waals surface area contributed by atoms with Gasteiger partial charge in [-0.05, 0) is 43.0 Å². The van der Waals surface area contributed by atoms with Crippen LogP contribution in [0.25, 0.3) is 0 Å². The summed E-state index contributed by atoms with van der Waals surface area (Å²) in [7, 11) is 0. The number of hydrogen-bond donors (Lipinski definition) is 0. The average Bonchev–Trinajstić information content (AvgIpc) is 2.62. The molecular formula is C19H23N3O. The molecule has 120 valence electrons. The standard InChI is InChI=1S/C19H23N3O/c1-3-21(4-2)19(23)22-13-11-15-8-5-6-10-17(15)18(22)16-9-7-12-20-14-16/h5-10,12,14,18H,3-4,11,13H2,1-2H3. The smallest absolute Gasteiger partial charge is 0.320 e. The largest absolute Gasteiger partial charge is 0.325 e. The molecule has 0 bridgehead atoms. The molecule has 0 aliphatic carbocycles. The molecule has 1 aliphatic rings. The number of amides is 2. The molecule has 1 aliphatic heterocycles. The lowest BCUT2D eigenvalue weighted by Gasteiger charge is -2.40. The number of benzene rings is 1. The van der Waals surface area contributed by atoms with Crippen molar-refractivity contribution in [2.45, 2.75) is 26.3 Å². The zero-order valence-electron chi connectivity index (χ0n) is 13.8. The Kier molecular flexibility index (Phi) is 4.60. The number of pyridine rings is 1. The highest BCUT2D eigenvalue weighted by atomic mass is 16.2. The summed E-state index contributed by atoms with van der Waals surface area (Å²) in [5.41, 5.74) is 3.61. The number of urea groups is 1. The first kappa shape index (κ1) is 15.5. The second-order valence-electron chi connectivity index (χ2n) is 5.79. The number of hydrogen-bond acceptors (Lipinski definition) is 2. The van der Waals surface area contributed by atoms with Gasteiger partial charge in [-0.3, -0.25) is 4.98 Å². The van der Waals surface area contributed by atoms with Crippen LogP contribution in [0.3, 0.4) is 0 Å². The highest BCUT2D eigenvalue weighted by Crippen LogP contribution is 2.35. The van der Waals surface area contributed by atoms with Crippen molar-refractivity contribution in [1.29, 1.82) is 0 Å². The molecule has 0 radical (unpaired) electrons. The van der Waals surface area contributed by atoms with E-state index in [1.165, 1.54) is 11.1 Å². The van der Waals surface area contributed by atoms with Crippen molar-refractivity contribution in [3.05, 3.63) is 65.5 Å². The molecule has 1 unspecified atom stereocenters. The fourth-order valence-electron chi connectivity index (χ4n) is 3.35. The van der Waals surface area contributed by atoms with Crippen molar-refractivity contribution >= 4 is 6.03 Å². The predicted octanol–water partition coefficient (Wildman–Crippen LogP) is 3.49. The van der Waals surface area contributed by atoms with Crippen molar-refractivity contribution in [2.24, 2.45) is 0 Å². The summed E-state index contributed by atoms with van der Waals surface area (Å²) in [5, 5.41) is 0. The van der Waals surface area contributed by atoms with Crippen LogP contribution in [-0.4, -0.2) is 40.4 Å². The van der Waals surface area contributed by atoms with Crippen LogP contribution in [-0.2, 0) is 6.42 Å². The van der Waals surface area contributed by atoms with E-state index in [0.717, 1.165) is 31.6 Å². The molecule has 2 aromatic rings. The fourth-order valence-corrected chi connectivity index (χ4v) is 3.35. The van der Waals surface area contributed by atoms with Crippen molar-refractivity contribution in [3.8, 4) is 0 Å². The molecule has 1 aromatic heterocycles. The minimum absolute atomic E-state index is 0.0539. The van der Waals surface area contributed by atoms with E-state index in [4.69, 9.17) is 0 Å². The van der Waals surface area contributed by atoms with Gasteiger partial charge in [-0.25, -0.2) is 4.79 Å². The molecule has 1 atom stereocenters. The minimum atomic E-state index is -0.0539. The molecule has 2 heterocycles. The van der Waals surface area contributed by atoms with E-state index < -0.39 is 0 Å². The van der Waals surface area contributed by atoms with Crippen LogP contribution < -0.4 is 0 Å². The Labute approximate surface area is 137 Å². The minimum Gasteiger partial charge on any atom is -0.325 e. The van der Waals surface area contributed by atoms with Crippen LogP contribution in [0.4, 0.5) is 4.79 Å². The van der Waals surface area contributed by atoms with Gasteiger partial charge in [-0.15, -0.1) is 0 Å². The molecule has 3 rings (SSSR count). The Hall–Kier alpha value is -2.36. The van der Waals surface area contributed by atoms with Gasteiger partial charge < -0.3 is 9.80 Å². The third kappa shape index (κ3) is 2.93. The lowest BCUT2D eigenvalue weighted by atomic mass is 9.89. The first-order valence-corrected chi connectivity index (χ1v) is 8.29. The molecule has 0 fully saturated rings. The van der Waals surface area contributed by atoms with Gasteiger partial charge in [0.2, 0.25) is 0 Å². The Morgan fingerprint density at radius 1 is 1.22 bits per heavy atom. The van der Waals surface area contributed by atoms with E-state index in [9.17, 15) is 4.79 Å². The summed E-state index contributed by atoms with van der Waals surface area (Å²) in [5.74, 6) is 0. The lowest BCUT2D eigenvalue weighted by Crippen LogP contribution is -2.47. The van der Waals surface area contributed by atoms with Crippen LogP contribution in [0.1, 0.15) is 36.6 Å². The summed E-state index contributed by atoms with van der Waals surface area (Å²) < 4.78 is 0. The van der Waals surface area contributed by atoms with Crippen LogP contribution in [0.15, 0.2) is 48.8 Å². The van der Waals surface area contributed by atoms with Gasteiger partial charge in [0.25, 0.3) is 0 Å². The number of carbonyl (C=O) groups is 1. The molecule has 23 heavy (non-hydrogen) atoms. The zero-order valence-corrected chi connectivity index (χ0v) is 13.8. The number of fused-ring (bicyclic) bond motifs is 1. The molecule has 0 spiro atoms. The normalized spacial score (nSPS) is 16.8. The van der Waals surface area contributed by atoms with Gasteiger partial charge in [0.05, 0.1) is 6.04 Å². The van der Waals surface area contributed by atoms with Crippen LogP contribution in [0.5, 0.6) is 0 Å². The summed E-state index contributed by atoms with van der Waals surface area (Å²) in [6.07, 6.45) is 4.55. The maximum absolute atomic E-state index is 13.0. The number of aromatic nitrogens is 1. The summed E-state index contributed by atoms with van der Waals surface area (Å²) in [6.45, 7) is 6.25. The highest BCUT2D eigenvalue weighted by molar-refractivity contribution is 5.76. The Morgan fingerprint density at radius 3 is 2.70 bits per heavy atom. The van der Waals surface area contributed by atoms with Gasteiger partial charge in [0, 0.05) is 32.0 Å². The SMILES string of the molecule is CCN(CC)C(=O)N1CCc2ccccc2C1c1cccnc1. The quantitative estimate of drug-likeness (QED) is 0.870. The van der Waals surface area contributed by atoms with Gasteiger partial charge in [-0.2, -0.15) is 0 Å². The van der Waals surface area contributed by atoms with E-state index >= 15 is 0 Å². The lowest BCUT2D eigenvalue weighted by molar-refractivity contribution is 0.141. The van der Waals surface area contributed by atoms with E-state index in [-0.39, 0.29) is 12.1 Å². The summed E-state index contributed by atoms with van der Waals surface area (Å²) >= 11 is 0. The van der Waals surface area contributed by atoms with Crippen LogP contribution >= 0.6 is 0 Å². The van der Waals surface area contributed by atoms with Gasteiger partial charge in [0.1, 0.15) is 0 Å². The van der Waals surface area contributed by atoms with E-state index in [1.54, 1.807) is 6.20 Å². The van der Waals surface area contributed by atoms with Crippen LogP contribution in [0, 0.1) is 0 Å². The summed E-state index contributed by atoms with van der Waals surface area (Å²) in [6, 6.07) is 12.5. The van der Waals surface area contributed by atoms with Gasteiger partial charge in [-0.1, -0.05) is 30.3 Å². The van der Waals surface area contributed by atoms with Crippen molar-refractivity contribution in [2.75, 3.05) is 19.6 Å². The third-order valence-corrected chi connectivity index (χ3v) is 4.56. The van der Waals surface area contributed by atoms with Crippen LogP contribution in [0.2, 0.25) is 0 Å². The first-order valence-electron chi connectivity index (χ1n) is 8.29. The fraction of sp³-hybridized carbons (Fsp3) is 0.368.